The SMILES string of the molecule is CCCC.C[PH](=O)OOS(=O)(=O)c1ccc(Cl)cc1. The molecule has 0 aromatic heterocycles. The maximum absolute atomic E-state index is 11.3. The van der Waals surface area contributed by atoms with Gasteiger partial charge in [-0.25, -0.2) is 0 Å². The summed E-state index contributed by atoms with van der Waals surface area (Å²) in [6.45, 7) is 5.57. The molecule has 0 radical (unpaired) electrons. The van der Waals surface area contributed by atoms with Gasteiger partial charge in [-0.15, -0.1) is 0 Å². The van der Waals surface area contributed by atoms with Gasteiger partial charge in [-0.1, -0.05) is 42.6 Å². The van der Waals surface area contributed by atoms with E-state index >= 15 is 0 Å². The zero-order valence-electron chi connectivity index (χ0n) is 11.1. The maximum atomic E-state index is 11.3. The molecular weight excluding hydrogens is 311 g/mol. The molecule has 1 atom stereocenters. The van der Waals surface area contributed by atoms with Crippen molar-refractivity contribution in [3.63, 3.8) is 0 Å². The zero-order valence-corrected chi connectivity index (χ0v) is 13.6. The fourth-order valence-corrected chi connectivity index (χ4v) is 2.15. The molecule has 5 nitrogen and oxygen atoms in total. The second kappa shape index (κ2) is 9.50. The standard InChI is InChI=1S/C7H8ClO5PS.C4H10/c1-14(9)12-13-15(10,11)7-4-2-6(8)3-5-7;1-3-4-2/h2-5,14H,1H3;3-4H2,1-2H3. The van der Waals surface area contributed by atoms with E-state index in [1.165, 1.54) is 43.8 Å². The van der Waals surface area contributed by atoms with Crippen LogP contribution in [0.3, 0.4) is 0 Å². The summed E-state index contributed by atoms with van der Waals surface area (Å²) in [5.74, 6) is 0. The lowest BCUT2D eigenvalue weighted by molar-refractivity contribution is -0.0833. The Balaban J connectivity index is 0.000000711. The average molecular weight is 329 g/mol. The van der Waals surface area contributed by atoms with Crippen molar-refractivity contribution in [3.8, 4) is 0 Å². The lowest BCUT2D eigenvalue weighted by atomic mass is 10.4. The molecule has 0 bridgehead atoms. The van der Waals surface area contributed by atoms with Gasteiger partial charge in [0.25, 0.3) is 0 Å². The van der Waals surface area contributed by atoms with Crippen LogP contribution in [-0.2, 0) is 23.7 Å². The largest absolute Gasteiger partial charge is 0.323 e. The molecule has 1 aromatic carbocycles. The Morgan fingerprint density at radius 3 is 2.00 bits per heavy atom. The topological polar surface area (TPSA) is 69.7 Å². The highest BCUT2D eigenvalue weighted by Gasteiger charge is 2.16. The Morgan fingerprint density at radius 2 is 1.63 bits per heavy atom. The van der Waals surface area contributed by atoms with E-state index in [0.717, 1.165) is 0 Å². The third kappa shape index (κ3) is 8.39. The van der Waals surface area contributed by atoms with Gasteiger partial charge in [0.05, 0.1) is 4.90 Å². The van der Waals surface area contributed by atoms with Crippen LogP contribution in [-0.4, -0.2) is 15.1 Å². The minimum atomic E-state index is -4.03. The molecule has 1 rings (SSSR count). The number of hydrogen-bond acceptors (Lipinski definition) is 5. The molecule has 0 amide bonds. The molecule has 110 valence electrons. The van der Waals surface area contributed by atoms with E-state index in [1.807, 2.05) is 0 Å². The summed E-state index contributed by atoms with van der Waals surface area (Å²) in [5, 5.41) is 0.402. The molecule has 0 N–H and O–H groups in total. The number of unbranched alkanes of at least 4 members (excludes halogenated alkanes) is 1. The van der Waals surface area contributed by atoms with Gasteiger partial charge in [-0.2, -0.15) is 13.1 Å². The van der Waals surface area contributed by atoms with Crippen molar-refractivity contribution in [1.29, 1.82) is 0 Å². The van der Waals surface area contributed by atoms with Gasteiger partial charge in [0.2, 0.25) is 8.03 Å². The van der Waals surface area contributed by atoms with Crippen LogP contribution in [0.15, 0.2) is 29.2 Å². The van der Waals surface area contributed by atoms with Gasteiger partial charge in [0, 0.05) is 11.7 Å². The van der Waals surface area contributed by atoms with Crippen molar-refractivity contribution >= 4 is 29.7 Å². The van der Waals surface area contributed by atoms with E-state index < -0.39 is 18.1 Å². The highest BCUT2D eigenvalue weighted by molar-refractivity contribution is 7.86. The second-order valence-corrected chi connectivity index (χ2v) is 6.65. The van der Waals surface area contributed by atoms with E-state index in [1.54, 1.807) is 0 Å². The Kier molecular flexibility index (Phi) is 9.31. The van der Waals surface area contributed by atoms with E-state index in [2.05, 4.69) is 22.9 Å². The Labute approximate surface area is 119 Å². The summed E-state index contributed by atoms with van der Waals surface area (Å²) in [6, 6.07) is 5.31. The number of halogens is 1. The molecule has 0 saturated carbocycles. The normalized spacial score (nSPS) is 12.4. The van der Waals surface area contributed by atoms with Gasteiger partial charge in [-0.3, -0.25) is 4.57 Å². The average Bonchev–Trinajstić information content (AvgIpc) is 2.37. The van der Waals surface area contributed by atoms with E-state index in [-0.39, 0.29) is 4.90 Å². The summed E-state index contributed by atoms with van der Waals surface area (Å²) in [5.41, 5.74) is 0. The minimum absolute atomic E-state index is 0.116. The van der Waals surface area contributed by atoms with Gasteiger partial charge in [0.1, 0.15) is 0 Å². The first-order valence-electron chi connectivity index (χ1n) is 5.70. The van der Waals surface area contributed by atoms with Crippen LogP contribution in [0.4, 0.5) is 0 Å². The van der Waals surface area contributed by atoms with Crippen molar-refractivity contribution in [2.45, 2.75) is 31.6 Å². The third-order valence-electron chi connectivity index (χ3n) is 1.84. The van der Waals surface area contributed by atoms with Gasteiger partial charge in [-0.05, 0) is 24.3 Å². The quantitative estimate of drug-likeness (QED) is 0.466. The van der Waals surface area contributed by atoms with Gasteiger partial charge < -0.3 is 0 Å². The van der Waals surface area contributed by atoms with Gasteiger partial charge in [0.15, 0.2) is 0 Å². The molecule has 0 saturated heterocycles. The molecule has 19 heavy (non-hydrogen) atoms. The van der Waals surface area contributed by atoms with Crippen LogP contribution in [0.1, 0.15) is 26.7 Å². The summed E-state index contributed by atoms with van der Waals surface area (Å²) in [4.78, 5) is -0.116. The summed E-state index contributed by atoms with van der Waals surface area (Å²) < 4.78 is 41.4. The van der Waals surface area contributed by atoms with Gasteiger partial charge >= 0.3 is 10.1 Å². The van der Waals surface area contributed by atoms with Crippen LogP contribution in [0.5, 0.6) is 0 Å². The van der Waals surface area contributed by atoms with E-state index in [0.29, 0.717) is 5.02 Å². The van der Waals surface area contributed by atoms with E-state index in [4.69, 9.17) is 11.6 Å². The predicted molar refractivity (Wildman–Crippen MR) is 76.3 cm³/mol. The van der Waals surface area contributed by atoms with Crippen molar-refractivity contribution < 1.29 is 22.0 Å². The first-order valence-corrected chi connectivity index (χ1v) is 9.31. The fraction of sp³-hybridized carbons (Fsp3) is 0.455. The van der Waals surface area contributed by atoms with Crippen LogP contribution in [0.2, 0.25) is 5.02 Å². The predicted octanol–water partition coefficient (Wildman–Crippen LogP) is 3.89. The van der Waals surface area contributed by atoms with Crippen LogP contribution >= 0.6 is 19.6 Å². The molecule has 1 unspecified atom stereocenters. The summed E-state index contributed by atoms with van der Waals surface area (Å²) in [6.07, 6.45) is 2.64. The smallest absolute Gasteiger partial charge is 0.294 e. The van der Waals surface area contributed by atoms with Crippen LogP contribution < -0.4 is 0 Å². The first kappa shape index (κ1) is 18.6. The highest BCUT2D eigenvalue weighted by Crippen LogP contribution is 2.22. The number of benzene rings is 1. The number of rotatable bonds is 5. The van der Waals surface area contributed by atoms with Crippen molar-refractivity contribution in [2.75, 3.05) is 6.66 Å². The monoisotopic (exact) mass is 328 g/mol. The Hall–Kier alpha value is -0.390. The molecule has 0 aliphatic rings. The van der Waals surface area contributed by atoms with Crippen LogP contribution in [0.25, 0.3) is 0 Å². The van der Waals surface area contributed by atoms with Crippen molar-refractivity contribution in [2.24, 2.45) is 0 Å². The third-order valence-corrected chi connectivity index (χ3v) is 3.63. The van der Waals surface area contributed by atoms with Crippen molar-refractivity contribution in [1.82, 2.24) is 0 Å². The molecule has 8 heteroatoms. The van der Waals surface area contributed by atoms with Crippen LogP contribution in [0, 0.1) is 0 Å². The summed E-state index contributed by atoms with van der Waals surface area (Å²) in [7, 11) is -6.49. The molecule has 0 aliphatic carbocycles. The Morgan fingerprint density at radius 1 is 1.16 bits per heavy atom. The molecular formula is C11H18ClO5PS. The molecule has 1 aromatic rings. The fourth-order valence-electron chi connectivity index (χ4n) is 0.733. The number of hydrogen-bond donors (Lipinski definition) is 0. The van der Waals surface area contributed by atoms with Crippen molar-refractivity contribution in [3.05, 3.63) is 29.3 Å². The highest BCUT2D eigenvalue weighted by atomic mass is 35.5. The maximum Gasteiger partial charge on any atom is 0.323 e. The molecule has 0 fully saturated rings. The lowest BCUT2D eigenvalue weighted by Gasteiger charge is -2.02. The molecule has 0 aliphatic heterocycles. The lowest BCUT2D eigenvalue weighted by Crippen LogP contribution is -2.04. The minimum Gasteiger partial charge on any atom is -0.294 e. The molecule has 0 heterocycles. The Bertz CT molecular complexity index is 484. The zero-order chi connectivity index (χ0) is 14.9. The second-order valence-electron chi connectivity index (χ2n) is 3.55. The molecule has 0 spiro atoms. The van der Waals surface area contributed by atoms with E-state index in [9.17, 15) is 13.0 Å². The first-order chi connectivity index (χ1) is 8.83. The summed E-state index contributed by atoms with van der Waals surface area (Å²) >= 11 is 5.58.